The monoisotopic (exact) mass is 239 g/mol. The number of hydrogen-bond acceptors (Lipinski definition) is 4. The van der Waals surface area contributed by atoms with Crippen LogP contribution in [0.2, 0.25) is 0 Å². The van der Waals surface area contributed by atoms with E-state index in [1.54, 1.807) is 25.1 Å². The summed E-state index contributed by atoms with van der Waals surface area (Å²) < 4.78 is 4.62. The highest BCUT2D eigenvalue weighted by Gasteiger charge is 2.13. The maximum Gasteiger partial charge on any atom is 0.340 e. The lowest BCUT2D eigenvalue weighted by Gasteiger charge is -2.09. The standard InChI is InChI=1S/C11H13NO3S/c1-3-10(13)12-9-5-4-7(16)6-8(9)11(14)15-2/h4-6,16H,3H2,1-2H3,(H,12,13). The number of nitrogens with one attached hydrogen (secondary N) is 1. The number of anilines is 1. The smallest absolute Gasteiger partial charge is 0.340 e. The van der Waals surface area contributed by atoms with Gasteiger partial charge < -0.3 is 10.1 Å². The van der Waals surface area contributed by atoms with E-state index in [4.69, 9.17) is 0 Å². The zero-order chi connectivity index (χ0) is 12.1. The van der Waals surface area contributed by atoms with Crippen LogP contribution in [0.1, 0.15) is 23.7 Å². The molecule has 0 aliphatic heterocycles. The van der Waals surface area contributed by atoms with E-state index < -0.39 is 5.97 Å². The Kier molecular flexibility index (Phi) is 4.37. The van der Waals surface area contributed by atoms with E-state index in [1.165, 1.54) is 7.11 Å². The van der Waals surface area contributed by atoms with Crippen molar-refractivity contribution in [2.45, 2.75) is 18.2 Å². The number of rotatable bonds is 3. The number of hydrogen-bond donors (Lipinski definition) is 2. The van der Waals surface area contributed by atoms with Gasteiger partial charge in [-0.05, 0) is 18.2 Å². The number of ether oxygens (including phenoxy) is 1. The SMILES string of the molecule is CCC(=O)Nc1ccc(S)cc1C(=O)OC. The predicted molar refractivity (Wildman–Crippen MR) is 64.0 cm³/mol. The van der Waals surface area contributed by atoms with Crippen LogP contribution in [0.3, 0.4) is 0 Å². The minimum atomic E-state index is -0.498. The number of carbonyl (C=O) groups excluding carboxylic acids is 2. The van der Waals surface area contributed by atoms with Gasteiger partial charge in [-0.25, -0.2) is 4.79 Å². The lowest BCUT2D eigenvalue weighted by Crippen LogP contribution is -2.14. The van der Waals surface area contributed by atoms with Crippen molar-refractivity contribution in [2.75, 3.05) is 12.4 Å². The number of thiol groups is 1. The fraction of sp³-hybridized carbons (Fsp3) is 0.273. The van der Waals surface area contributed by atoms with Gasteiger partial charge in [-0.3, -0.25) is 4.79 Å². The van der Waals surface area contributed by atoms with Crippen LogP contribution in [0.25, 0.3) is 0 Å². The summed E-state index contributed by atoms with van der Waals surface area (Å²) in [6.07, 6.45) is 0.350. The van der Waals surface area contributed by atoms with Crippen molar-refractivity contribution in [1.29, 1.82) is 0 Å². The second kappa shape index (κ2) is 5.55. The van der Waals surface area contributed by atoms with Gasteiger partial charge in [0.1, 0.15) is 0 Å². The zero-order valence-corrected chi connectivity index (χ0v) is 10.0. The van der Waals surface area contributed by atoms with Crippen molar-refractivity contribution >= 4 is 30.2 Å². The molecule has 0 saturated carbocycles. The van der Waals surface area contributed by atoms with Gasteiger partial charge in [0.05, 0.1) is 18.4 Å². The van der Waals surface area contributed by atoms with Gasteiger partial charge in [0.15, 0.2) is 0 Å². The third-order valence-electron chi connectivity index (χ3n) is 2.00. The van der Waals surface area contributed by atoms with E-state index in [0.29, 0.717) is 22.6 Å². The third kappa shape index (κ3) is 3.00. The number of benzene rings is 1. The van der Waals surface area contributed by atoms with Crippen LogP contribution in [-0.4, -0.2) is 19.0 Å². The fourth-order valence-electron chi connectivity index (χ4n) is 1.16. The molecule has 5 heteroatoms. The van der Waals surface area contributed by atoms with Gasteiger partial charge in [0.25, 0.3) is 0 Å². The molecule has 0 bridgehead atoms. The van der Waals surface area contributed by atoms with Gasteiger partial charge in [-0.1, -0.05) is 6.92 Å². The van der Waals surface area contributed by atoms with Crippen LogP contribution in [0.15, 0.2) is 23.1 Å². The van der Waals surface area contributed by atoms with E-state index in [2.05, 4.69) is 22.7 Å². The maximum atomic E-state index is 11.4. The number of esters is 1. The van der Waals surface area contributed by atoms with E-state index in [1.807, 2.05) is 0 Å². The molecule has 0 atom stereocenters. The summed E-state index contributed by atoms with van der Waals surface area (Å²) in [5.41, 5.74) is 0.744. The molecule has 1 amide bonds. The number of amides is 1. The van der Waals surface area contributed by atoms with E-state index >= 15 is 0 Å². The molecule has 0 saturated heterocycles. The maximum absolute atomic E-state index is 11.4. The van der Waals surface area contributed by atoms with Gasteiger partial charge in [0.2, 0.25) is 5.91 Å². The molecular formula is C11H13NO3S. The van der Waals surface area contributed by atoms with Gasteiger partial charge in [-0.15, -0.1) is 12.6 Å². The van der Waals surface area contributed by atoms with Crippen molar-refractivity contribution in [3.8, 4) is 0 Å². The Morgan fingerprint density at radius 2 is 2.12 bits per heavy atom. The lowest BCUT2D eigenvalue weighted by atomic mass is 10.1. The largest absolute Gasteiger partial charge is 0.465 e. The van der Waals surface area contributed by atoms with Crippen molar-refractivity contribution in [1.82, 2.24) is 0 Å². The van der Waals surface area contributed by atoms with Crippen LogP contribution in [0.5, 0.6) is 0 Å². The van der Waals surface area contributed by atoms with E-state index in [-0.39, 0.29) is 5.91 Å². The molecule has 0 unspecified atom stereocenters. The summed E-state index contributed by atoms with van der Waals surface area (Å²) in [6, 6.07) is 4.88. The van der Waals surface area contributed by atoms with Crippen molar-refractivity contribution < 1.29 is 14.3 Å². The van der Waals surface area contributed by atoms with Crippen molar-refractivity contribution in [3.63, 3.8) is 0 Å². The Morgan fingerprint density at radius 3 is 2.69 bits per heavy atom. The second-order valence-corrected chi connectivity index (χ2v) is 3.64. The highest BCUT2D eigenvalue weighted by Crippen LogP contribution is 2.20. The van der Waals surface area contributed by atoms with Gasteiger partial charge >= 0.3 is 5.97 Å². The summed E-state index contributed by atoms with van der Waals surface area (Å²) in [7, 11) is 1.29. The highest BCUT2D eigenvalue weighted by molar-refractivity contribution is 7.80. The molecule has 1 N–H and O–H groups in total. The minimum Gasteiger partial charge on any atom is -0.465 e. The zero-order valence-electron chi connectivity index (χ0n) is 9.11. The number of methoxy groups -OCH3 is 1. The topological polar surface area (TPSA) is 55.4 Å². The first-order valence-electron chi connectivity index (χ1n) is 4.79. The normalized spacial score (nSPS) is 9.69. The Hall–Kier alpha value is -1.49. The van der Waals surface area contributed by atoms with Crippen LogP contribution >= 0.6 is 12.6 Å². The van der Waals surface area contributed by atoms with Gasteiger partial charge in [0, 0.05) is 11.3 Å². The minimum absolute atomic E-state index is 0.155. The van der Waals surface area contributed by atoms with E-state index in [9.17, 15) is 9.59 Å². The predicted octanol–water partition coefficient (Wildman–Crippen LogP) is 2.11. The quantitative estimate of drug-likeness (QED) is 0.627. The molecule has 0 aliphatic rings. The lowest BCUT2D eigenvalue weighted by molar-refractivity contribution is -0.115. The molecule has 0 aliphatic carbocycles. The molecule has 0 heterocycles. The molecule has 86 valence electrons. The molecule has 0 radical (unpaired) electrons. The summed E-state index contributed by atoms with van der Waals surface area (Å²) in [5, 5.41) is 2.63. The van der Waals surface area contributed by atoms with Crippen LogP contribution in [0, 0.1) is 0 Å². The molecule has 0 spiro atoms. The summed E-state index contributed by atoms with van der Waals surface area (Å²) in [5.74, 6) is -0.653. The summed E-state index contributed by atoms with van der Waals surface area (Å²) in [4.78, 5) is 23.3. The Labute approximate surface area is 99.4 Å². The average Bonchev–Trinajstić information content (AvgIpc) is 2.30. The first-order valence-corrected chi connectivity index (χ1v) is 5.24. The fourth-order valence-corrected chi connectivity index (χ4v) is 1.36. The molecule has 1 aromatic carbocycles. The Morgan fingerprint density at radius 1 is 1.44 bits per heavy atom. The molecule has 4 nitrogen and oxygen atoms in total. The van der Waals surface area contributed by atoms with Crippen molar-refractivity contribution in [2.24, 2.45) is 0 Å². The Bertz CT molecular complexity index is 418. The second-order valence-electron chi connectivity index (χ2n) is 3.12. The molecule has 16 heavy (non-hydrogen) atoms. The van der Waals surface area contributed by atoms with Crippen LogP contribution in [-0.2, 0) is 9.53 Å². The molecule has 0 aromatic heterocycles. The van der Waals surface area contributed by atoms with Crippen LogP contribution < -0.4 is 5.32 Å². The average molecular weight is 239 g/mol. The first kappa shape index (κ1) is 12.6. The third-order valence-corrected chi connectivity index (χ3v) is 2.28. The Balaban J connectivity index is 3.07. The molecule has 1 aromatic rings. The molecule has 0 fully saturated rings. The van der Waals surface area contributed by atoms with Gasteiger partial charge in [-0.2, -0.15) is 0 Å². The van der Waals surface area contributed by atoms with E-state index in [0.717, 1.165) is 0 Å². The summed E-state index contributed by atoms with van der Waals surface area (Å²) >= 11 is 4.13. The first-order chi connectivity index (χ1) is 7.58. The van der Waals surface area contributed by atoms with Crippen molar-refractivity contribution in [3.05, 3.63) is 23.8 Å². The molecule has 1 rings (SSSR count). The van der Waals surface area contributed by atoms with Crippen LogP contribution in [0.4, 0.5) is 5.69 Å². The summed E-state index contributed by atoms with van der Waals surface area (Å²) in [6.45, 7) is 1.74. The number of carbonyl (C=O) groups is 2. The highest BCUT2D eigenvalue weighted by atomic mass is 32.1. The molecular weight excluding hydrogens is 226 g/mol.